The minimum Gasteiger partial charge on any atom is -0.398 e. The molecular weight excluding hydrogens is 236 g/mol. The van der Waals surface area contributed by atoms with E-state index in [4.69, 9.17) is 5.73 Å². The van der Waals surface area contributed by atoms with Crippen LogP contribution in [0.25, 0.3) is 10.9 Å². The van der Waals surface area contributed by atoms with Crippen molar-refractivity contribution in [3.8, 4) is 0 Å². The van der Waals surface area contributed by atoms with E-state index in [2.05, 4.69) is 27.9 Å². The number of nitrogens with two attached hydrogens (primary N) is 1. The van der Waals surface area contributed by atoms with Gasteiger partial charge in [0.2, 0.25) is 0 Å². The summed E-state index contributed by atoms with van der Waals surface area (Å²) >= 11 is 0. The monoisotopic (exact) mass is 256 g/mol. The quantitative estimate of drug-likeness (QED) is 0.792. The standard InChI is InChI=1S/C15H20N4/c1-18-8-3-9-19(11-10-18)14-6-5-13(16)12-4-2-7-17-15(12)14/h2,4-7H,3,8-11,16H2,1H3. The summed E-state index contributed by atoms with van der Waals surface area (Å²) in [6.45, 7) is 4.39. The number of anilines is 2. The second kappa shape index (κ2) is 5.05. The zero-order valence-corrected chi connectivity index (χ0v) is 11.3. The molecule has 1 aliphatic heterocycles. The van der Waals surface area contributed by atoms with Gasteiger partial charge in [-0.25, -0.2) is 0 Å². The van der Waals surface area contributed by atoms with Gasteiger partial charge in [-0.2, -0.15) is 0 Å². The summed E-state index contributed by atoms with van der Waals surface area (Å²) in [6.07, 6.45) is 3.03. The van der Waals surface area contributed by atoms with Gasteiger partial charge in [0, 0.05) is 36.9 Å². The first-order chi connectivity index (χ1) is 9.25. The van der Waals surface area contributed by atoms with Crippen molar-refractivity contribution in [1.82, 2.24) is 9.88 Å². The number of nitrogen functional groups attached to an aromatic ring is 1. The fraction of sp³-hybridized carbons (Fsp3) is 0.400. The Morgan fingerprint density at radius 3 is 2.89 bits per heavy atom. The van der Waals surface area contributed by atoms with Crippen LogP contribution in [0.2, 0.25) is 0 Å². The summed E-state index contributed by atoms with van der Waals surface area (Å²) in [5, 5.41) is 1.05. The second-order valence-electron chi connectivity index (χ2n) is 5.22. The first-order valence-corrected chi connectivity index (χ1v) is 6.82. The van der Waals surface area contributed by atoms with E-state index < -0.39 is 0 Å². The molecule has 0 spiro atoms. The summed E-state index contributed by atoms with van der Waals surface area (Å²) in [5.74, 6) is 0. The van der Waals surface area contributed by atoms with Gasteiger partial charge < -0.3 is 15.5 Å². The zero-order valence-electron chi connectivity index (χ0n) is 11.3. The van der Waals surface area contributed by atoms with Crippen molar-refractivity contribution in [2.75, 3.05) is 43.9 Å². The molecule has 4 heteroatoms. The number of pyridine rings is 1. The highest BCUT2D eigenvalue weighted by Crippen LogP contribution is 2.29. The van der Waals surface area contributed by atoms with Gasteiger partial charge in [-0.05, 0) is 44.3 Å². The van der Waals surface area contributed by atoms with E-state index in [1.54, 1.807) is 0 Å². The highest BCUT2D eigenvalue weighted by Gasteiger charge is 2.15. The zero-order chi connectivity index (χ0) is 13.2. The Kier molecular flexibility index (Phi) is 3.25. The molecule has 2 aromatic rings. The normalized spacial score (nSPS) is 17.6. The number of nitrogens with zero attached hydrogens (tertiary/aromatic N) is 3. The van der Waals surface area contributed by atoms with Gasteiger partial charge in [0.1, 0.15) is 0 Å². The van der Waals surface area contributed by atoms with Crippen LogP contribution >= 0.6 is 0 Å². The summed E-state index contributed by atoms with van der Waals surface area (Å²) in [6, 6.07) is 8.09. The minimum absolute atomic E-state index is 0.804. The Labute approximate surface area is 113 Å². The maximum Gasteiger partial charge on any atom is 0.0955 e. The number of hydrogen-bond acceptors (Lipinski definition) is 4. The molecule has 0 aliphatic carbocycles. The number of fused-ring (bicyclic) bond motifs is 1. The molecule has 3 rings (SSSR count). The molecular formula is C15H20N4. The maximum atomic E-state index is 6.04. The van der Waals surface area contributed by atoms with Gasteiger partial charge in [0.15, 0.2) is 0 Å². The minimum atomic E-state index is 0.804. The lowest BCUT2D eigenvalue weighted by Crippen LogP contribution is -2.29. The lowest BCUT2D eigenvalue weighted by Gasteiger charge is -2.24. The number of benzene rings is 1. The lowest BCUT2D eigenvalue weighted by molar-refractivity contribution is 0.360. The average Bonchev–Trinajstić information content (AvgIpc) is 2.65. The van der Waals surface area contributed by atoms with Crippen molar-refractivity contribution in [3.05, 3.63) is 30.5 Å². The van der Waals surface area contributed by atoms with E-state index in [0.717, 1.165) is 42.8 Å². The molecule has 100 valence electrons. The van der Waals surface area contributed by atoms with Crippen LogP contribution in [0.15, 0.2) is 30.5 Å². The van der Waals surface area contributed by atoms with Crippen LogP contribution < -0.4 is 10.6 Å². The molecule has 0 atom stereocenters. The van der Waals surface area contributed by atoms with Crippen LogP contribution in [0.4, 0.5) is 11.4 Å². The van der Waals surface area contributed by atoms with E-state index in [1.807, 2.05) is 24.4 Å². The van der Waals surface area contributed by atoms with Crippen LogP contribution in [-0.2, 0) is 0 Å². The number of aromatic nitrogens is 1. The highest BCUT2D eigenvalue weighted by atomic mass is 15.2. The molecule has 19 heavy (non-hydrogen) atoms. The topological polar surface area (TPSA) is 45.4 Å². The smallest absolute Gasteiger partial charge is 0.0955 e. The van der Waals surface area contributed by atoms with Gasteiger partial charge in [-0.1, -0.05) is 0 Å². The first kappa shape index (κ1) is 12.2. The molecule has 1 fully saturated rings. The van der Waals surface area contributed by atoms with Crippen molar-refractivity contribution >= 4 is 22.3 Å². The second-order valence-corrected chi connectivity index (χ2v) is 5.22. The molecule has 2 heterocycles. The lowest BCUT2D eigenvalue weighted by atomic mass is 10.1. The molecule has 2 N–H and O–H groups in total. The van der Waals surface area contributed by atoms with Gasteiger partial charge in [-0.15, -0.1) is 0 Å². The van der Waals surface area contributed by atoms with Crippen molar-refractivity contribution in [1.29, 1.82) is 0 Å². The Balaban J connectivity index is 2.02. The molecule has 4 nitrogen and oxygen atoms in total. The van der Waals surface area contributed by atoms with E-state index in [1.165, 1.54) is 12.1 Å². The maximum absolute atomic E-state index is 6.04. The van der Waals surface area contributed by atoms with Crippen LogP contribution in [0.1, 0.15) is 6.42 Å². The Morgan fingerprint density at radius 2 is 2.00 bits per heavy atom. The molecule has 0 amide bonds. The van der Waals surface area contributed by atoms with Gasteiger partial charge >= 0.3 is 0 Å². The predicted octanol–water partition coefficient (Wildman–Crippen LogP) is 1.96. The fourth-order valence-corrected chi connectivity index (χ4v) is 2.72. The number of rotatable bonds is 1. The van der Waals surface area contributed by atoms with E-state index in [0.29, 0.717) is 0 Å². The number of hydrogen-bond donors (Lipinski definition) is 1. The van der Waals surface area contributed by atoms with Crippen LogP contribution in [0.3, 0.4) is 0 Å². The highest BCUT2D eigenvalue weighted by molar-refractivity contribution is 5.98. The van der Waals surface area contributed by atoms with Crippen molar-refractivity contribution < 1.29 is 0 Å². The largest absolute Gasteiger partial charge is 0.398 e. The van der Waals surface area contributed by atoms with Gasteiger partial charge in [0.25, 0.3) is 0 Å². The third-order valence-electron chi connectivity index (χ3n) is 3.84. The summed E-state index contributed by atoms with van der Waals surface area (Å²) < 4.78 is 0. The molecule has 1 aromatic carbocycles. The van der Waals surface area contributed by atoms with E-state index >= 15 is 0 Å². The van der Waals surface area contributed by atoms with Crippen molar-refractivity contribution in [2.45, 2.75) is 6.42 Å². The Bertz CT molecular complexity index is 581. The Morgan fingerprint density at radius 1 is 1.11 bits per heavy atom. The molecule has 0 unspecified atom stereocenters. The molecule has 1 aromatic heterocycles. The van der Waals surface area contributed by atoms with Crippen LogP contribution in [0.5, 0.6) is 0 Å². The molecule has 1 saturated heterocycles. The summed E-state index contributed by atoms with van der Waals surface area (Å²) in [5.41, 5.74) is 9.07. The summed E-state index contributed by atoms with van der Waals surface area (Å²) in [4.78, 5) is 9.34. The van der Waals surface area contributed by atoms with Gasteiger partial charge in [-0.3, -0.25) is 4.98 Å². The SMILES string of the molecule is CN1CCCN(c2ccc(N)c3cccnc23)CC1. The van der Waals surface area contributed by atoms with E-state index in [-0.39, 0.29) is 0 Å². The first-order valence-electron chi connectivity index (χ1n) is 6.82. The van der Waals surface area contributed by atoms with E-state index in [9.17, 15) is 0 Å². The average molecular weight is 256 g/mol. The third kappa shape index (κ3) is 2.36. The van der Waals surface area contributed by atoms with Crippen LogP contribution in [0, 0.1) is 0 Å². The molecule has 0 saturated carbocycles. The predicted molar refractivity (Wildman–Crippen MR) is 80.5 cm³/mol. The molecule has 0 radical (unpaired) electrons. The number of likely N-dealkylation sites (N-methyl/N-ethyl adjacent to an activating group) is 1. The van der Waals surface area contributed by atoms with Crippen molar-refractivity contribution in [2.24, 2.45) is 0 Å². The molecule has 1 aliphatic rings. The molecule has 0 bridgehead atoms. The van der Waals surface area contributed by atoms with Gasteiger partial charge in [0.05, 0.1) is 11.2 Å². The Hall–Kier alpha value is -1.81. The fourth-order valence-electron chi connectivity index (χ4n) is 2.72. The third-order valence-corrected chi connectivity index (χ3v) is 3.84. The van der Waals surface area contributed by atoms with Crippen molar-refractivity contribution in [3.63, 3.8) is 0 Å². The van der Waals surface area contributed by atoms with Crippen LogP contribution in [-0.4, -0.2) is 43.1 Å². The summed E-state index contributed by atoms with van der Waals surface area (Å²) in [7, 11) is 2.18.